The minimum Gasteiger partial charge on any atom is -0.389 e. The van der Waals surface area contributed by atoms with Crippen LogP contribution in [-0.2, 0) is 0 Å². The minimum absolute atomic E-state index is 0.413. The number of nitrogens with one attached hydrogen (secondary N) is 1. The summed E-state index contributed by atoms with van der Waals surface area (Å²) >= 11 is 5.12. The van der Waals surface area contributed by atoms with E-state index < -0.39 is 0 Å². The number of hydrogen-bond acceptors (Lipinski definition) is 2. The molecule has 0 aliphatic carbocycles. The Morgan fingerprint density at radius 3 is 2.11 bits per heavy atom. The maximum absolute atomic E-state index is 5.79. The van der Waals surface area contributed by atoms with Gasteiger partial charge in [0.25, 0.3) is 0 Å². The third-order valence-electron chi connectivity index (χ3n) is 3.09. The number of benzene rings is 2. The molecule has 3 heteroatoms. The second-order valence-corrected chi connectivity index (χ2v) is 5.30. The average Bonchev–Trinajstić information content (AvgIpc) is 2.34. The van der Waals surface area contributed by atoms with Gasteiger partial charge in [0.05, 0.1) is 0 Å². The van der Waals surface area contributed by atoms with Crippen molar-refractivity contribution in [2.75, 3.05) is 5.32 Å². The van der Waals surface area contributed by atoms with Crippen molar-refractivity contribution in [2.24, 2.45) is 5.73 Å². The van der Waals surface area contributed by atoms with Crippen LogP contribution in [0.25, 0.3) is 0 Å². The molecule has 19 heavy (non-hydrogen) atoms. The van der Waals surface area contributed by atoms with Crippen molar-refractivity contribution < 1.29 is 0 Å². The fraction of sp³-hybridized carbons (Fsp3) is 0.188. The average molecular weight is 270 g/mol. The Morgan fingerprint density at radius 2 is 1.53 bits per heavy atom. The Morgan fingerprint density at radius 1 is 0.947 bits per heavy atom. The molecule has 0 spiro atoms. The lowest BCUT2D eigenvalue weighted by molar-refractivity contribution is 1.36. The second-order valence-electron chi connectivity index (χ2n) is 4.86. The van der Waals surface area contributed by atoms with Gasteiger partial charge in [-0.2, -0.15) is 0 Å². The third-order valence-corrected chi connectivity index (χ3v) is 3.31. The van der Waals surface area contributed by atoms with Crippen LogP contribution in [0.2, 0.25) is 0 Å². The highest BCUT2D eigenvalue weighted by Crippen LogP contribution is 2.25. The molecular weight excluding hydrogens is 252 g/mol. The zero-order valence-corrected chi connectivity index (χ0v) is 12.3. The SMILES string of the molecule is Cc1ccc(Nc2ccc(C)cc2C(N)=S)c(C)c1. The van der Waals surface area contributed by atoms with E-state index >= 15 is 0 Å². The van der Waals surface area contributed by atoms with Crippen molar-refractivity contribution >= 4 is 28.6 Å². The molecule has 2 nitrogen and oxygen atoms in total. The van der Waals surface area contributed by atoms with E-state index in [0.717, 1.165) is 22.5 Å². The Kier molecular flexibility index (Phi) is 3.86. The molecular formula is C16H18N2S. The molecule has 0 bridgehead atoms. The van der Waals surface area contributed by atoms with E-state index in [1.54, 1.807) is 0 Å². The summed E-state index contributed by atoms with van der Waals surface area (Å²) in [7, 11) is 0. The summed E-state index contributed by atoms with van der Waals surface area (Å²) in [6.07, 6.45) is 0. The number of rotatable bonds is 3. The predicted molar refractivity (Wildman–Crippen MR) is 86.3 cm³/mol. The van der Waals surface area contributed by atoms with Crippen LogP contribution in [0.3, 0.4) is 0 Å². The first kappa shape index (κ1) is 13.6. The molecule has 0 saturated heterocycles. The van der Waals surface area contributed by atoms with Gasteiger partial charge >= 0.3 is 0 Å². The highest BCUT2D eigenvalue weighted by molar-refractivity contribution is 7.80. The first-order chi connectivity index (χ1) is 8.97. The molecule has 0 heterocycles. The van der Waals surface area contributed by atoms with Crippen LogP contribution in [-0.4, -0.2) is 4.99 Å². The van der Waals surface area contributed by atoms with Crippen LogP contribution in [0, 0.1) is 20.8 Å². The zero-order valence-electron chi connectivity index (χ0n) is 11.4. The predicted octanol–water partition coefficient (Wildman–Crippen LogP) is 3.99. The molecule has 98 valence electrons. The lowest BCUT2D eigenvalue weighted by atomic mass is 10.1. The summed E-state index contributed by atoms with van der Waals surface area (Å²) in [5, 5.41) is 3.41. The van der Waals surface area contributed by atoms with E-state index in [0.29, 0.717) is 4.99 Å². The van der Waals surface area contributed by atoms with Crippen molar-refractivity contribution in [1.29, 1.82) is 0 Å². The van der Waals surface area contributed by atoms with Gasteiger partial charge in [-0.25, -0.2) is 0 Å². The quantitative estimate of drug-likeness (QED) is 0.828. The fourth-order valence-corrected chi connectivity index (χ4v) is 2.24. The molecule has 0 radical (unpaired) electrons. The van der Waals surface area contributed by atoms with Crippen LogP contribution in [0.4, 0.5) is 11.4 Å². The highest BCUT2D eigenvalue weighted by atomic mass is 32.1. The fourth-order valence-electron chi connectivity index (χ4n) is 2.07. The van der Waals surface area contributed by atoms with Gasteiger partial charge in [-0.05, 0) is 44.5 Å². The van der Waals surface area contributed by atoms with Crippen molar-refractivity contribution in [3.8, 4) is 0 Å². The van der Waals surface area contributed by atoms with Crippen LogP contribution in [0.5, 0.6) is 0 Å². The third kappa shape index (κ3) is 3.12. The number of hydrogen-bond donors (Lipinski definition) is 2. The van der Waals surface area contributed by atoms with E-state index in [9.17, 15) is 0 Å². The lowest BCUT2D eigenvalue weighted by Gasteiger charge is -2.14. The summed E-state index contributed by atoms with van der Waals surface area (Å²) in [5.41, 5.74) is 12.3. The first-order valence-corrected chi connectivity index (χ1v) is 6.63. The number of anilines is 2. The van der Waals surface area contributed by atoms with E-state index in [1.165, 1.54) is 11.1 Å². The molecule has 0 aliphatic heterocycles. The summed E-state index contributed by atoms with van der Waals surface area (Å²) in [5.74, 6) is 0. The minimum atomic E-state index is 0.413. The van der Waals surface area contributed by atoms with Gasteiger partial charge in [0.2, 0.25) is 0 Å². The molecule has 0 aromatic heterocycles. The second kappa shape index (κ2) is 5.41. The summed E-state index contributed by atoms with van der Waals surface area (Å²) < 4.78 is 0. The van der Waals surface area contributed by atoms with Crippen molar-refractivity contribution in [3.05, 3.63) is 58.7 Å². The van der Waals surface area contributed by atoms with Crippen LogP contribution >= 0.6 is 12.2 Å². The molecule has 0 unspecified atom stereocenters. The summed E-state index contributed by atoms with van der Waals surface area (Å²) in [6.45, 7) is 6.20. The van der Waals surface area contributed by atoms with Crippen molar-refractivity contribution in [2.45, 2.75) is 20.8 Å². The van der Waals surface area contributed by atoms with Gasteiger partial charge in [-0.15, -0.1) is 0 Å². The molecule has 0 saturated carbocycles. The monoisotopic (exact) mass is 270 g/mol. The molecule has 0 atom stereocenters. The van der Waals surface area contributed by atoms with Gasteiger partial charge < -0.3 is 11.1 Å². The Balaban J connectivity index is 2.40. The molecule has 2 aromatic carbocycles. The van der Waals surface area contributed by atoms with Gasteiger partial charge in [-0.1, -0.05) is 41.5 Å². The van der Waals surface area contributed by atoms with E-state index in [-0.39, 0.29) is 0 Å². The van der Waals surface area contributed by atoms with E-state index in [1.807, 2.05) is 25.1 Å². The topological polar surface area (TPSA) is 38.0 Å². The molecule has 2 aromatic rings. The molecule has 0 fully saturated rings. The molecule has 0 aliphatic rings. The van der Waals surface area contributed by atoms with Crippen molar-refractivity contribution in [3.63, 3.8) is 0 Å². The van der Waals surface area contributed by atoms with Gasteiger partial charge in [-0.3, -0.25) is 0 Å². The van der Waals surface area contributed by atoms with Gasteiger partial charge in [0.15, 0.2) is 0 Å². The molecule has 0 amide bonds. The normalized spacial score (nSPS) is 10.3. The maximum Gasteiger partial charge on any atom is 0.106 e. The first-order valence-electron chi connectivity index (χ1n) is 6.22. The maximum atomic E-state index is 5.79. The molecule has 2 rings (SSSR count). The highest BCUT2D eigenvalue weighted by Gasteiger charge is 2.07. The summed E-state index contributed by atoms with van der Waals surface area (Å²) in [4.78, 5) is 0.413. The standard InChI is InChI=1S/C16H18N2S/c1-10-4-6-14(12(3)8-10)18-15-7-5-11(2)9-13(15)16(17)19/h4-9,18H,1-3H3,(H2,17,19). The van der Waals surface area contributed by atoms with E-state index in [4.69, 9.17) is 18.0 Å². The zero-order chi connectivity index (χ0) is 14.0. The van der Waals surface area contributed by atoms with Crippen molar-refractivity contribution in [1.82, 2.24) is 0 Å². The largest absolute Gasteiger partial charge is 0.389 e. The summed E-state index contributed by atoms with van der Waals surface area (Å²) in [6, 6.07) is 12.4. The smallest absolute Gasteiger partial charge is 0.106 e. The number of aryl methyl sites for hydroxylation is 3. The van der Waals surface area contributed by atoms with Crippen LogP contribution < -0.4 is 11.1 Å². The van der Waals surface area contributed by atoms with Crippen LogP contribution in [0.1, 0.15) is 22.3 Å². The Hall–Kier alpha value is -1.87. The number of thiocarbonyl (C=S) groups is 1. The van der Waals surface area contributed by atoms with E-state index in [2.05, 4.69) is 37.4 Å². The van der Waals surface area contributed by atoms with Gasteiger partial charge in [0.1, 0.15) is 4.99 Å². The number of nitrogens with two attached hydrogens (primary N) is 1. The Bertz CT molecular complexity index is 633. The Labute approximate surface area is 119 Å². The lowest BCUT2D eigenvalue weighted by Crippen LogP contribution is -2.12. The van der Waals surface area contributed by atoms with Crippen LogP contribution in [0.15, 0.2) is 36.4 Å². The van der Waals surface area contributed by atoms with Gasteiger partial charge in [0, 0.05) is 16.9 Å². The molecule has 3 N–H and O–H groups in total.